The van der Waals surface area contributed by atoms with Crippen LogP contribution in [0.3, 0.4) is 0 Å². The largest absolute Gasteiger partial charge is 0.416 e. The zero-order valence-corrected chi connectivity index (χ0v) is 11.4. The number of anilines is 1. The summed E-state index contributed by atoms with van der Waals surface area (Å²) in [4.78, 5) is 12.0. The molecule has 1 aromatic rings. The van der Waals surface area contributed by atoms with Gasteiger partial charge in [0.2, 0.25) is 5.91 Å². The predicted molar refractivity (Wildman–Crippen MR) is 68.6 cm³/mol. The van der Waals surface area contributed by atoms with E-state index in [9.17, 15) is 18.0 Å². The fraction of sp³-hybridized carbons (Fsp3) is 0.462. The summed E-state index contributed by atoms with van der Waals surface area (Å²) >= 11 is 5.82. The van der Waals surface area contributed by atoms with Crippen molar-refractivity contribution >= 4 is 23.2 Å². The van der Waals surface area contributed by atoms with Gasteiger partial charge in [0.1, 0.15) is 0 Å². The first-order chi connectivity index (χ1) is 9.29. The number of ether oxygens (including phenoxy) is 1. The van der Waals surface area contributed by atoms with Crippen molar-refractivity contribution in [1.29, 1.82) is 0 Å². The monoisotopic (exact) mass is 307 g/mol. The first-order valence-corrected chi connectivity index (χ1v) is 6.46. The van der Waals surface area contributed by atoms with E-state index in [0.717, 1.165) is 18.2 Å². The van der Waals surface area contributed by atoms with Gasteiger partial charge >= 0.3 is 6.18 Å². The van der Waals surface area contributed by atoms with E-state index in [1.54, 1.807) is 6.92 Å². The van der Waals surface area contributed by atoms with Crippen molar-refractivity contribution in [1.82, 2.24) is 0 Å². The number of carbonyl (C=O) groups excluding carboxylic acids is 1. The standard InChI is InChI=1S/C13H13ClF3NO2/c1-7-9(4-5-20-7)12(19)18-11-6-8(13(15,16)17)2-3-10(11)14/h2-3,6-7,9H,4-5H2,1H3,(H,18,19). The Balaban J connectivity index is 2.18. The summed E-state index contributed by atoms with van der Waals surface area (Å²) in [5.74, 6) is -0.753. The molecule has 7 heteroatoms. The van der Waals surface area contributed by atoms with Crippen LogP contribution in [0.4, 0.5) is 18.9 Å². The van der Waals surface area contributed by atoms with Gasteiger partial charge in [-0.15, -0.1) is 0 Å². The van der Waals surface area contributed by atoms with Crippen LogP contribution in [0.5, 0.6) is 0 Å². The van der Waals surface area contributed by atoms with Crippen molar-refractivity contribution in [2.75, 3.05) is 11.9 Å². The van der Waals surface area contributed by atoms with Gasteiger partial charge in [0, 0.05) is 6.61 Å². The van der Waals surface area contributed by atoms with Crippen LogP contribution in [0.2, 0.25) is 5.02 Å². The number of benzene rings is 1. The van der Waals surface area contributed by atoms with Crippen molar-refractivity contribution in [2.24, 2.45) is 5.92 Å². The highest BCUT2D eigenvalue weighted by atomic mass is 35.5. The van der Waals surface area contributed by atoms with Gasteiger partial charge in [-0.1, -0.05) is 11.6 Å². The van der Waals surface area contributed by atoms with Gasteiger partial charge in [0.25, 0.3) is 0 Å². The lowest BCUT2D eigenvalue weighted by atomic mass is 10.0. The van der Waals surface area contributed by atoms with Crippen molar-refractivity contribution in [3.8, 4) is 0 Å². The molecular weight excluding hydrogens is 295 g/mol. The van der Waals surface area contributed by atoms with Gasteiger partial charge in [-0.2, -0.15) is 13.2 Å². The summed E-state index contributed by atoms with van der Waals surface area (Å²) in [6.07, 6.45) is -4.18. The van der Waals surface area contributed by atoms with Gasteiger partial charge in [-0.05, 0) is 31.5 Å². The van der Waals surface area contributed by atoms with Gasteiger partial charge in [-0.25, -0.2) is 0 Å². The van der Waals surface area contributed by atoms with E-state index < -0.39 is 11.7 Å². The number of hydrogen-bond acceptors (Lipinski definition) is 2. The second kappa shape index (κ2) is 5.61. The molecule has 1 amide bonds. The molecule has 2 rings (SSSR count). The topological polar surface area (TPSA) is 38.3 Å². The van der Waals surface area contributed by atoms with Gasteiger partial charge in [-0.3, -0.25) is 4.79 Å². The van der Waals surface area contributed by atoms with E-state index in [1.165, 1.54) is 0 Å². The fourth-order valence-corrected chi connectivity index (χ4v) is 2.26. The number of halogens is 4. The summed E-state index contributed by atoms with van der Waals surface area (Å²) in [6.45, 7) is 2.22. The van der Waals surface area contributed by atoms with E-state index >= 15 is 0 Å². The summed E-state index contributed by atoms with van der Waals surface area (Å²) in [6, 6.07) is 2.83. The van der Waals surface area contributed by atoms with E-state index in [2.05, 4.69) is 5.32 Å². The lowest BCUT2D eigenvalue weighted by Gasteiger charge is -2.16. The van der Waals surface area contributed by atoms with Crippen LogP contribution in [0.1, 0.15) is 18.9 Å². The van der Waals surface area contributed by atoms with Crippen molar-refractivity contribution in [3.63, 3.8) is 0 Å². The van der Waals surface area contributed by atoms with Gasteiger partial charge in [0.05, 0.1) is 28.3 Å². The van der Waals surface area contributed by atoms with E-state index in [4.69, 9.17) is 16.3 Å². The number of alkyl halides is 3. The third kappa shape index (κ3) is 3.24. The van der Waals surface area contributed by atoms with E-state index in [0.29, 0.717) is 13.0 Å². The first-order valence-electron chi connectivity index (χ1n) is 6.08. The van der Waals surface area contributed by atoms with Crippen LogP contribution >= 0.6 is 11.6 Å². The third-order valence-corrected chi connectivity index (χ3v) is 3.59. The Hall–Kier alpha value is -1.27. The summed E-state index contributed by atoms with van der Waals surface area (Å²) in [5.41, 5.74) is -0.890. The maximum atomic E-state index is 12.6. The Kier molecular flexibility index (Phi) is 4.25. The van der Waals surface area contributed by atoms with Crippen molar-refractivity contribution in [3.05, 3.63) is 28.8 Å². The molecule has 1 heterocycles. The second-order valence-corrected chi connectivity index (χ2v) is 5.06. The van der Waals surface area contributed by atoms with E-state index in [-0.39, 0.29) is 28.6 Å². The molecule has 2 unspecified atom stereocenters. The lowest BCUT2D eigenvalue weighted by Crippen LogP contribution is -2.28. The molecule has 2 atom stereocenters. The molecule has 1 saturated heterocycles. The number of rotatable bonds is 2. The summed E-state index contributed by atoms with van der Waals surface area (Å²) in [5, 5.41) is 2.51. The highest BCUT2D eigenvalue weighted by Crippen LogP contribution is 2.34. The first kappa shape index (κ1) is 15.1. The van der Waals surface area contributed by atoms with Crippen LogP contribution in [0, 0.1) is 5.92 Å². The maximum absolute atomic E-state index is 12.6. The SMILES string of the molecule is CC1OCCC1C(=O)Nc1cc(C(F)(F)F)ccc1Cl. The van der Waals surface area contributed by atoms with Crippen LogP contribution in [-0.4, -0.2) is 18.6 Å². The number of carbonyl (C=O) groups is 1. The average molecular weight is 308 g/mol. The number of amides is 1. The van der Waals surface area contributed by atoms with Gasteiger partial charge in [0.15, 0.2) is 0 Å². The molecule has 0 aliphatic carbocycles. The van der Waals surface area contributed by atoms with Crippen molar-refractivity contribution < 1.29 is 22.7 Å². The Bertz CT molecular complexity index is 519. The minimum Gasteiger partial charge on any atom is -0.378 e. The molecule has 1 aromatic carbocycles. The van der Waals surface area contributed by atoms with Crippen LogP contribution < -0.4 is 5.32 Å². The lowest BCUT2D eigenvalue weighted by molar-refractivity contribution is -0.137. The highest BCUT2D eigenvalue weighted by Gasteiger charge is 2.33. The normalized spacial score (nSPS) is 22.9. The van der Waals surface area contributed by atoms with Crippen LogP contribution in [0.25, 0.3) is 0 Å². The molecule has 110 valence electrons. The zero-order chi connectivity index (χ0) is 14.9. The molecule has 0 saturated carbocycles. The Morgan fingerprint density at radius 2 is 2.15 bits per heavy atom. The molecular formula is C13H13ClF3NO2. The summed E-state index contributed by atoms with van der Waals surface area (Å²) in [7, 11) is 0. The Morgan fingerprint density at radius 1 is 1.45 bits per heavy atom. The third-order valence-electron chi connectivity index (χ3n) is 3.26. The molecule has 0 bridgehead atoms. The molecule has 3 nitrogen and oxygen atoms in total. The number of nitrogens with one attached hydrogen (secondary N) is 1. The van der Waals surface area contributed by atoms with E-state index in [1.807, 2.05) is 0 Å². The van der Waals surface area contributed by atoms with Crippen LogP contribution in [0.15, 0.2) is 18.2 Å². The number of hydrogen-bond donors (Lipinski definition) is 1. The molecule has 1 aliphatic rings. The molecule has 20 heavy (non-hydrogen) atoms. The smallest absolute Gasteiger partial charge is 0.378 e. The highest BCUT2D eigenvalue weighted by molar-refractivity contribution is 6.33. The van der Waals surface area contributed by atoms with Gasteiger partial charge < -0.3 is 10.1 Å². The fourth-order valence-electron chi connectivity index (χ4n) is 2.10. The molecule has 1 fully saturated rings. The average Bonchev–Trinajstić information content (AvgIpc) is 2.77. The predicted octanol–water partition coefficient (Wildman–Crippen LogP) is 3.72. The molecule has 0 aromatic heterocycles. The van der Waals surface area contributed by atoms with Crippen LogP contribution in [-0.2, 0) is 15.7 Å². The minimum atomic E-state index is -4.48. The molecule has 0 radical (unpaired) electrons. The van der Waals surface area contributed by atoms with Crippen molar-refractivity contribution in [2.45, 2.75) is 25.6 Å². The zero-order valence-electron chi connectivity index (χ0n) is 10.6. The Labute approximate surface area is 119 Å². The quantitative estimate of drug-likeness (QED) is 0.904. The summed E-state index contributed by atoms with van der Waals surface area (Å²) < 4.78 is 43.1. The molecule has 0 spiro atoms. The Morgan fingerprint density at radius 3 is 2.70 bits per heavy atom. The molecule has 1 N–H and O–H groups in total. The minimum absolute atomic E-state index is 0.0365. The molecule has 1 aliphatic heterocycles. The maximum Gasteiger partial charge on any atom is 0.416 e. The second-order valence-electron chi connectivity index (χ2n) is 4.65.